The number of ether oxygens (including phenoxy) is 2. The van der Waals surface area contributed by atoms with Crippen LogP contribution in [0.5, 0.6) is 11.6 Å². The molecule has 6 heteroatoms. The molecule has 0 spiro atoms. The second kappa shape index (κ2) is 7.57. The van der Waals surface area contributed by atoms with Gasteiger partial charge in [-0.25, -0.2) is 9.97 Å². The van der Waals surface area contributed by atoms with Crippen molar-refractivity contribution < 1.29 is 9.47 Å². The van der Waals surface area contributed by atoms with Crippen molar-refractivity contribution in [1.29, 1.82) is 0 Å². The van der Waals surface area contributed by atoms with Gasteiger partial charge in [0.25, 0.3) is 0 Å². The number of aromatic nitrogens is 2. The number of likely N-dealkylation sites (tertiary alicyclic amines) is 1. The number of rotatable bonds is 7. The number of nitrogens with two attached hydrogens (primary N) is 1. The molecular formula is C17H24N4O2. The van der Waals surface area contributed by atoms with E-state index in [9.17, 15) is 0 Å². The smallest absolute Gasteiger partial charge is 0.232 e. The first-order valence-electron chi connectivity index (χ1n) is 8.14. The lowest BCUT2D eigenvalue weighted by molar-refractivity contribution is 0.253. The summed E-state index contributed by atoms with van der Waals surface area (Å²) in [6.45, 7) is 4.76. The Morgan fingerprint density at radius 1 is 1.35 bits per heavy atom. The minimum Gasteiger partial charge on any atom is -0.497 e. The highest BCUT2D eigenvalue weighted by atomic mass is 16.5. The zero-order valence-corrected chi connectivity index (χ0v) is 13.6. The van der Waals surface area contributed by atoms with E-state index in [1.54, 1.807) is 13.3 Å². The van der Waals surface area contributed by atoms with E-state index in [4.69, 9.17) is 15.2 Å². The Hall–Kier alpha value is -1.92. The van der Waals surface area contributed by atoms with Crippen molar-refractivity contribution >= 4 is 11.0 Å². The lowest BCUT2D eigenvalue weighted by Gasteiger charge is -2.15. The minimum absolute atomic E-state index is 0.562. The first kappa shape index (κ1) is 16.0. The summed E-state index contributed by atoms with van der Waals surface area (Å²) in [5.74, 6) is 2.00. The molecule has 3 rings (SSSR count). The van der Waals surface area contributed by atoms with Crippen LogP contribution in [0.25, 0.3) is 11.0 Å². The molecule has 1 aliphatic rings. The molecule has 2 aromatic rings. The Labute approximate surface area is 136 Å². The summed E-state index contributed by atoms with van der Waals surface area (Å²) in [4.78, 5) is 11.3. The van der Waals surface area contributed by atoms with Crippen LogP contribution in [0.15, 0.2) is 24.4 Å². The van der Waals surface area contributed by atoms with E-state index in [1.165, 1.54) is 6.42 Å². The van der Waals surface area contributed by atoms with Gasteiger partial charge in [0.2, 0.25) is 5.88 Å². The van der Waals surface area contributed by atoms with Gasteiger partial charge in [0, 0.05) is 19.2 Å². The summed E-state index contributed by atoms with van der Waals surface area (Å²) in [7, 11) is 1.64. The zero-order chi connectivity index (χ0) is 16.1. The van der Waals surface area contributed by atoms with Crippen LogP contribution in [0.3, 0.4) is 0 Å². The highest BCUT2D eigenvalue weighted by Gasteiger charge is 2.20. The van der Waals surface area contributed by atoms with Crippen LogP contribution in [-0.4, -0.2) is 54.8 Å². The summed E-state index contributed by atoms with van der Waals surface area (Å²) in [6, 6.07) is 5.64. The third-order valence-electron chi connectivity index (χ3n) is 4.30. The average molecular weight is 316 g/mol. The number of benzene rings is 1. The van der Waals surface area contributed by atoms with Crippen molar-refractivity contribution in [2.24, 2.45) is 11.7 Å². The Balaban J connectivity index is 1.49. The summed E-state index contributed by atoms with van der Waals surface area (Å²) >= 11 is 0. The first-order chi connectivity index (χ1) is 11.3. The van der Waals surface area contributed by atoms with Crippen LogP contribution in [0.2, 0.25) is 0 Å². The molecule has 124 valence electrons. The van der Waals surface area contributed by atoms with Gasteiger partial charge in [0.05, 0.1) is 30.9 Å². The molecule has 6 nitrogen and oxygen atoms in total. The molecule has 0 amide bonds. The zero-order valence-electron chi connectivity index (χ0n) is 13.6. The van der Waals surface area contributed by atoms with Crippen molar-refractivity contribution in [1.82, 2.24) is 14.9 Å². The molecule has 0 saturated carbocycles. The number of hydrogen-bond acceptors (Lipinski definition) is 6. The molecule has 1 aromatic carbocycles. The van der Waals surface area contributed by atoms with Gasteiger partial charge in [-0.3, -0.25) is 0 Å². The number of fused-ring (bicyclic) bond motifs is 1. The predicted octanol–water partition coefficient (Wildman–Crippen LogP) is 1.69. The van der Waals surface area contributed by atoms with Crippen LogP contribution in [0.1, 0.15) is 12.8 Å². The van der Waals surface area contributed by atoms with Gasteiger partial charge in [-0.2, -0.15) is 0 Å². The normalized spacial score (nSPS) is 18.4. The van der Waals surface area contributed by atoms with Crippen LogP contribution < -0.4 is 15.2 Å². The van der Waals surface area contributed by atoms with Crippen molar-refractivity contribution in [3.8, 4) is 11.6 Å². The van der Waals surface area contributed by atoms with E-state index in [1.807, 2.05) is 18.2 Å². The molecule has 0 radical (unpaired) electrons. The average Bonchev–Trinajstić information content (AvgIpc) is 3.06. The highest BCUT2D eigenvalue weighted by Crippen LogP contribution is 2.20. The third kappa shape index (κ3) is 4.09. The van der Waals surface area contributed by atoms with Crippen molar-refractivity contribution in [3.05, 3.63) is 24.4 Å². The molecule has 2 N–H and O–H groups in total. The second-order valence-electron chi connectivity index (χ2n) is 5.96. The second-order valence-corrected chi connectivity index (χ2v) is 5.96. The minimum atomic E-state index is 0.562. The molecule has 0 bridgehead atoms. The molecule has 1 fully saturated rings. The predicted molar refractivity (Wildman–Crippen MR) is 89.8 cm³/mol. The Morgan fingerprint density at radius 3 is 3.04 bits per heavy atom. The summed E-state index contributed by atoms with van der Waals surface area (Å²) < 4.78 is 10.9. The van der Waals surface area contributed by atoms with E-state index in [0.29, 0.717) is 18.4 Å². The summed E-state index contributed by atoms with van der Waals surface area (Å²) in [6.07, 6.45) is 3.87. The molecule has 0 aliphatic carbocycles. The van der Waals surface area contributed by atoms with Crippen molar-refractivity contribution in [2.75, 3.05) is 39.9 Å². The topological polar surface area (TPSA) is 73.5 Å². The van der Waals surface area contributed by atoms with Gasteiger partial charge in [-0.15, -0.1) is 0 Å². The molecule has 1 unspecified atom stereocenters. The maximum absolute atomic E-state index is 5.73. The lowest BCUT2D eigenvalue weighted by atomic mass is 10.1. The van der Waals surface area contributed by atoms with Crippen LogP contribution in [-0.2, 0) is 0 Å². The Kier molecular flexibility index (Phi) is 5.25. The standard InChI is InChI=1S/C17H24N4O2/c1-22-14-3-4-15-16(9-14)20-17(11-19-15)23-8-2-6-21-7-5-13(10-18)12-21/h3-4,9,11,13H,2,5-8,10,12,18H2,1H3. The van der Waals surface area contributed by atoms with Gasteiger partial charge in [-0.1, -0.05) is 0 Å². The number of nitrogens with zero attached hydrogens (tertiary/aromatic N) is 3. The quantitative estimate of drug-likeness (QED) is 0.784. The molecule has 1 aromatic heterocycles. The van der Waals surface area contributed by atoms with E-state index < -0.39 is 0 Å². The molecule has 1 aliphatic heterocycles. The van der Waals surface area contributed by atoms with Gasteiger partial charge in [0.15, 0.2) is 0 Å². The van der Waals surface area contributed by atoms with Crippen LogP contribution >= 0.6 is 0 Å². The monoisotopic (exact) mass is 316 g/mol. The van der Waals surface area contributed by atoms with E-state index in [0.717, 1.165) is 49.4 Å². The largest absolute Gasteiger partial charge is 0.497 e. The highest BCUT2D eigenvalue weighted by molar-refractivity contribution is 5.76. The van der Waals surface area contributed by atoms with Gasteiger partial charge in [0.1, 0.15) is 5.75 Å². The SMILES string of the molecule is COc1ccc2ncc(OCCCN3CCC(CN)C3)nc2c1. The maximum Gasteiger partial charge on any atom is 0.232 e. The van der Waals surface area contributed by atoms with Gasteiger partial charge < -0.3 is 20.1 Å². The fourth-order valence-corrected chi connectivity index (χ4v) is 2.94. The summed E-state index contributed by atoms with van der Waals surface area (Å²) in [5.41, 5.74) is 7.34. The molecule has 23 heavy (non-hydrogen) atoms. The maximum atomic E-state index is 5.73. The van der Waals surface area contributed by atoms with Crippen LogP contribution in [0, 0.1) is 5.92 Å². The number of methoxy groups -OCH3 is 1. The van der Waals surface area contributed by atoms with Crippen molar-refractivity contribution in [2.45, 2.75) is 12.8 Å². The molecule has 1 saturated heterocycles. The lowest BCUT2D eigenvalue weighted by Crippen LogP contribution is -2.25. The Bertz CT molecular complexity index is 650. The molecule has 1 atom stereocenters. The Morgan fingerprint density at radius 2 is 2.26 bits per heavy atom. The van der Waals surface area contributed by atoms with Crippen molar-refractivity contribution in [3.63, 3.8) is 0 Å². The summed E-state index contributed by atoms with van der Waals surface area (Å²) in [5, 5.41) is 0. The fourth-order valence-electron chi connectivity index (χ4n) is 2.94. The molecular weight excluding hydrogens is 292 g/mol. The molecule has 2 heterocycles. The van der Waals surface area contributed by atoms with E-state index in [2.05, 4.69) is 14.9 Å². The van der Waals surface area contributed by atoms with Crippen LogP contribution in [0.4, 0.5) is 0 Å². The van der Waals surface area contributed by atoms with E-state index in [-0.39, 0.29) is 0 Å². The van der Waals surface area contributed by atoms with E-state index >= 15 is 0 Å². The van der Waals surface area contributed by atoms with Gasteiger partial charge >= 0.3 is 0 Å². The van der Waals surface area contributed by atoms with Gasteiger partial charge in [-0.05, 0) is 44.0 Å². The first-order valence-corrected chi connectivity index (χ1v) is 8.14. The third-order valence-corrected chi connectivity index (χ3v) is 4.30. The fraction of sp³-hybridized carbons (Fsp3) is 0.529. The number of hydrogen-bond donors (Lipinski definition) is 1.